The van der Waals surface area contributed by atoms with E-state index >= 15 is 0 Å². The molecule has 34 heavy (non-hydrogen) atoms. The van der Waals surface area contributed by atoms with E-state index in [2.05, 4.69) is 10.1 Å². The Morgan fingerprint density at radius 3 is 2.50 bits per heavy atom. The molecular formula is C27H35N3O4. The molecule has 0 atom stereocenters. The fourth-order valence-electron chi connectivity index (χ4n) is 6.35. The molecule has 7 nitrogen and oxygen atoms in total. The quantitative estimate of drug-likeness (QED) is 0.572. The van der Waals surface area contributed by atoms with E-state index in [9.17, 15) is 4.79 Å². The predicted molar refractivity (Wildman–Crippen MR) is 127 cm³/mol. The summed E-state index contributed by atoms with van der Waals surface area (Å²) < 4.78 is 16.8. The van der Waals surface area contributed by atoms with Crippen LogP contribution in [-0.4, -0.2) is 42.9 Å². The Kier molecular flexibility index (Phi) is 5.63. The summed E-state index contributed by atoms with van der Waals surface area (Å²) in [4.78, 5) is 20.7. The molecule has 1 saturated heterocycles. The number of hydrogen-bond acceptors (Lipinski definition) is 6. The first-order chi connectivity index (χ1) is 16.6. The monoisotopic (exact) mass is 465 g/mol. The number of amides is 1. The predicted octanol–water partition coefficient (Wildman–Crippen LogP) is 5.01. The Bertz CT molecular complexity index is 1020. The molecule has 0 radical (unpaired) electrons. The second-order valence-electron chi connectivity index (χ2n) is 11.0. The van der Waals surface area contributed by atoms with Gasteiger partial charge in [0.2, 0.25) is 11.8 Å². The Morgan fingerprint density at radius 1 is 1.09 bits per heavy atom. The number of hydrogen-bond donors (Lipinski definition) is 0. The summed E-state index contributed by atoms with van der Waals surface area (Å²) in [6.07, 6.45) is 10.5. The van der Waals surface area contributed by atoms with Crippen molar-refractivity contribution in [3.8, 4) is 5.75 Å². The average molecular weight is 466 g/mol. The van der Waals surface area contributed by atoms with Crippen LogP contribution >= 0.6 is 0 Å². The van der Waals surface area contributed by atoms with Crippen LogP contribution in [0, 0.1) is 11.3 Å². The van der Waals surface area contributed by atoms with Crippen molar-refractivity contribution in [2.24, 2.45) is 11.3 Å². The maximum absolute atomic E-state index is 13.8. The van der Waals surface area contributed by atoms with Crippen LogP contribution < -0.4 is 9.64 Å². The lowest BCUT2D eigenvalue weighted by Crippen LogP contribution is -2.52. The van der Waals surface area contributed by atoms with Gasteiger partial charge in [0, 0.05) is 48.8 Å². The Hall–Kier alpha value is -2.41. The number of carbonyl (C=O) groups is 1. The SMILES string of the molecule is COc1cccc(N(CC23CCC(c4nc(C5CC5)no4)(CC2)CC3)C(=O)C2CCOCC2)c1. The molecule has 4 saturated carbocycles. The van der Waals surface area contributed by atoms with Crippen molar-refractivity contribution < 1.29 is 18.8 Å². The number of nitrogens with zero attached hydrogens (tertiary/aromatic N) is 3. The first-order valence-electron chi connectivity index (χ1n) is 13.0. The summed E-state index contributed by atoms with van der Waals surface area (Å²) in [6.45, 7) is 2.11. The third-order valence-corrected chi connectivity index (χ3v) is 8.93. The van der Waals surface area contributed by atoms with Crippen molar-refractivity contribution in [3.63, 3.8) is 0 Å². The van der Waals surface area contributed by atoms with Gasteiger partial charge in [-0.15, -0.1) is 0 Å². The van der Waals surface area contributed by atoms with E-state index in [1.165, 1.54) is 12.8 Å². The second kappa shape index (κ2) is 8.67. The third-order valence-electron chi connectivity index (χ3n) is 8.93. The highest BCUT2D eigenvalue weighted by Gasteiger charge is 2.53. The molecule has 4 aliphatic carbocycles. The van der Waals surface area contributed by atoms with E-state index in [-0.39, 0.29) is 22.7 Å². The lowest BCUT2D eigenvalue weighted by Gasteiger charge is -2.53. The molecule has 0 spiro atoms. The zero-order valence-corrected chi connectivity index (χ0v) is 20.1. The average Bonchev–Trinajstić information content (AvgIpc) is 3.64. The van der Waals surface area contributed by atoms with Gasteiger partial charge in [-0.25, -0.2) is 0 Å². The van der Waals surface area contributed by atoms with Crippen molar-refractivity contribution in [3.05, 3.63) is 36.0 Å². The third kappa shape index (κ3) is 4.02. The first kappa shape index (κ1) is 22.1. The van der Waals surface area contributed by atoms with Gasteiger partial charge in [-0.1, -0.05) is 11.2 Å². The molecule has 0 unspecified atom stereocenters. The fraction of sp³-hybridized carbons (Fsp3) is 0.667. The fourth-order valence-corrected chi connectivity index (χ4v) is 6.35. The number of rotatable bonds is 7. The maximum atomic E-state index is 13.8. The van der Waals surface area contributed by atoms with Gasteiger partial charge in [0.1, 0.15) is 5.75 Å². The molecule has 2 aromatic rings. The van der Waals surface area contributed by atoms with E-state index in [1.54, 1.807) is 7.11 Å². The Morgan fingerprint density at radius 2 is 1.82 bits per heavy atom. The van der Waals surface area contributed by atoms with E-state index in [1.807, 2.05) is 24.3 Å². The largest absolute Gasteiger partial charge is 0.497 e. The van der Waals surface area contributed by atoms with Crippen LogP contribution in [0.5, 0.6) is 5.75 Å². The van der Waals surface area contributed by atoms with Crippen LogP contribution in [0.2, 0.25) is 0 Å². The number of methoxy groups -OCH3 is 1. The van der Waals surface area contributed by atoms with E-state index in [0.717, 1.165) is 81.1 Å². The van der Waals surface area contributed by atoms with E-state index in [0.29, 0.717) is 19.1 Å². The van der Waals surface area contributed by atoms with Crippen molar-refractivity contribution >= 4 is 11.6 Å². The van der Waals surface area contributed by atoms with Crippen LogP contribution in [0.15, 0.2) is 28.8 Å². The minimum atomic E-state index is 0.0295. The smallest absolute Gasteiger partial charge is 0.232 e. The number of carbonyl (C=O) groups excluding carboxylic acids is 1. The van der Waals surface area contributed by atoms with Crippen molar-refractivity contribution in [1.82, 2.24) is 10.1 Å². The van der Waals surface area contributed by atoms with Crippen molar-refractivity contribution in [1.29, 1.82) is 0 Å². The molecule has 1 amide bonds. The van der Waals surface area contributed by atoms with Gasteiger partial charge in [0.25, 0.3) is 0 Å². The van der Waals surface area contributed by atoms with Crippen LogP contribution in [0.4, 0.5) is 5.69 Å². The molecule has 1 aromatic carbocycles. The summed E-state index contributed by atoms with van der Waals surface area (Å²) in [7, 11) is 1.68. The zero-order chi connectivity index (χ0) is 23.2. The standard InChI is InChI=1S/C27H35N3O4/c1-32-22-4-2-3-21(17-22)30(24(31)20-7-15-33-16-8-20)18-26-9-12-27(13-10-26,14-11-26)25-28-23(29-34-25)19-5-6-19/h2-4,17,19-20H,5-16,18H2,1H3. The van der Waals surface area contributed by atoms with Crippen LogP contribution in [-0.2, 0) is 14.9 Å². The lowest BCUT2D eigenvalue weighted by atomic mass is 9.53. The van der Waals surface area contributed by atoms with Gasteiger partial charge in [-0.3, -0.25) is 4.79 Å². The van der Waals surface area contributed by atoms with Crippen LogP contribution in [0.3, 0.4) is 0 Å². The summed E-state index contributed by atoms with van der Waals surface area (Å²) in [5.74, 6) is 3.35. The van der Waals surface area contributed by atoms with Crippen LogP contribution in [0.1, 0.15) is 81.8 Å². The molecule has 1 aliphatic heterocycles. The van der Waals surface area contributed by atoms with Gasteiger partial charge >= 0.3 is 0 Å². The second-order valence-corrected chi connectivity index (χ2v) is 11.0. The number of fused-ring (bicyclic) bond motifs is 3. The minimum absolute atomic E-state index is 0.0295. The number of ether oxygens (including phenoxy) is 2. The normalized spacial score (nSPS) is 29.2. The van der Waals surface area contributed by atoms with E-state index in [4.69, 9.17) is 19.0 Å². The number of aromatic nitrogens is 2. The highest BCUT2D eigenvalue weighted by atomic mass is 16.5. The molecule has 0 N–H and O–H groups in total. The number of anilines is 1. The molecule has 1 aromatic heterocycles. The first-order valence-corrected chi connectivity index (χ1v) is 13.0. The molecule has 182 valence electrons. The summed E-state index contributed by atoms with van der Waals surface area (Å²) >= 11 is 0. The molecule has 5 aliphatic rings. The zero-order valence-electron chi connectivity index (χ0n) is 20.1. The highest BCUT2D eigenvalue weighted by Crippen LogP contribution is 2.58. The molecule has 7 heteroatoms. The van der Waals surface area contributed by atoms with Gasteiger partial charge < -0.3 is 18.9 Å². The van der Waals surface area contributed by atoms with Gasteiger partial charge in [0.05, 0.1) is 7.11 Å². The van der Waals surface area contributed by atoms with Gasteiger partial charge in [-0.05, 0) is 81.8 Å². The van der Waals surface area contributed by atoms with Gasteiger partial charge in [-0.2, -0.15) is 4.98 Å². The molecule has 7 rings (SSSR count). The van der Waals surface area contributed by atoms with E-state index < -0.39 is 0 Å². The lowest BCUT2D eigenvalue weighted by molar-refractivity contribution is -0.126. The number of benzene rings is 1. The molecule has 2 bridgehead atoms. The van der Waals surface area contributed by atoms with Gasteiger partial charge in [0.15, 0.2) is 5.82 Å². The van der Waals surface area contributed by atoms with Crippen LogP contribution in [0.25, 0.3) is 0 Å². The molecule has 2 heterocycles. The summed E-state index contributed by atoms with van der Waals surface area (Å²) in [5.41, 5.74) is 1.12. The molecular weight excluding hydrogens is 430 g/mol. The van der Waals surface area contributed by atoms with Crippen molar-refractivity contribution in [2.45, 2.75) is 75.5 Å². The Balaban J connectivity index is 1.22. The van der Waals surface area contributed by atoms with Crippen molar-refractivity contribution in [2.75, 3.05) is 31.8 Å². The highest BCUT2D eigenvalue weighted by molar-refractivity contribution is 5.95. The summed E-state index contributed by atoms with van der Waals surface area (Å²) in [6, 6.07) is 7.97. The maximum Gasteiger partial charge on any atom is 0.232 e. The molecule has 5 fully saturated rings. The summed E-state index contributed by atoms with van der Waals surface area (Å²) in [5, 5.41) is 4.30. The minimum Gasteiger partial charge on any atom is -0.497 e. The Labute approximate surface area is 201 Å². The topological polar surface area (TPSA) is 77.7 Å².